The molecular formula is C21H21N3O2S. The van der Waals surface area contributed by atoms with Crippen LogP contribution < -0.4 is 10.6 Å². The minimum Gasteiger partial charge on any atom is -0.355 e. The summed E-state index contributed by atoms with van der Waals surface area (Å²) in [6.07, 6.45) is 1.09. The topological polar surface area (TPSA) is 71.1 Å². The van der Waals surface area contributed by atoms with Crippen molar-refractivity contribution in [3.8, 4) is 10.6 Å². The lowest BCUT2D eigenvalue weighted by molar-refractivity contribution is -0.120. The van der Waals surface area contributed by atoms with Gasteiger partial charge in [0, 0.05) is 30.1 Å². The third kappa shape index (κ3) is 5.76. The van der Waals surface area contributed by atoms with E-state index in [1.54, 1.807) is 0 Å². The molecule has 2 aromatic carbocycles. The van der Waals surface area contributed by atoms with Crippen LogP contribution in [-0.2, 0) is 22.4 Å². The van der Waals surface area contributed by atoms with E-state index in [2.05, 4.69) is 27.8 Å². The molecular weight excluding hydrogens is 358 g/mol. The first-order chi connectivity index (χ1) is 13.1. The minimum atomic E-state index is -0.0995. The number of thiazole rings is 1. The van der Waals surface area contributed by atoms with Crippen molar-refractivity contribution in [3.05, 3.63) is 71.2 Å². The number of anilines is 1. The molecule has 0 aliphatic heterocycles. The highest BCUT2D eigenvalue weighted by Gasteiger charge is 2.09. The van der Waals surface area contributed by atoms with Crippen LogP contribution in [0.1, 0.15) is 18.2 Å². The van der Waals surface area contributed by atoms with Crippen LogP contribution in [0.3, 0.4) is 0 Å². The molecule has 27 heavy (non-hydrogen) atoms. The maximum atomic E-state index is 12.1. The fraction of sp³-hybridized carbons (Fsp3) is 0.190. The predicted octanol–water partition coefficient (Wildman–Crippen LogP) is 3.67. The number of nitrogens with zero attached hydrogens (tertiary/aromatic N) is 1. The highest BCUT2D eigenvalue weighted by Crippen LogP contribution is 2.25. The molecule has 0 aliphatic rings. The molecule has 2 amide bonds. The zero-order valence-corrected chi connectivity index (χ0v) is 15.9. The van der Waals surface area contributed by atoms with E-state index in [0.29, 0.717) is 6.54 Å². The van der Waals surface area contributed by atoms with Gasteiger partial charge >= 0.3 is 0 Å². The van der Waals surface area contributed by atoms with Crippen molar-refractivity contribution in [1.82, 2.24) is 10.3 Å². The van der Waals surface area contributed by atoms with Gasteiger partial charge in [-0.2, -0.15) is 0 Å². The average molecular weight is 379 g/mol. The van der Waals surface area contributed by atoms with Gasteiger partial charge in [0.25, 0.3) is 0 Å². The van der Waals surface area contributed by atoms with Gasteiger partial charge in [0.05, 0.1) is 12.1 Å². The summed E-state index contributed by atoms with van der Waals surface area (Å²) in [6, 6.07) is 17.6. The molecule has 138 valence electrons. The van der Waals surface area contributed by atoms with E-state index in [1.807, 2.05) is 47.8 Å². The smallest absolute Gasteiger partial charge is 0.226 e. The molecule has 0 fully saturated rings. The van der Waals surface area contributed by atoms with Crippen LogP contribution in [0.5, 0.6) is 0 Å². The van der Waals surface area contributed by atoms with Gasteiger partial charge in [0.15, 0.2) is 0 Å². The molecule has 0 unspecified atom stereocenters. The summed E-state index contributed by atoms with van der Waals surface area (Å²) in [5.41, 5.74) is 3.68. The molecule has 0 saturated carbocycles. The Labute approximate surface area is 162 Å². The number of benzene rings is 2. The number of nitrogens with one attached hydrogen (secondary N) is 2. The van der Waals surface area contributed by atoms with E-state index >= 15 is 0 Å². The van der Waals surface area contributed by atoms with Gasteiger partial charge in [-0.05, 0) is 36.2 Å². The number of carbonyl (C=O) groups excluding carboxylic acids is 2. The zero-order chi connectivity index (χ0) is 19.1. The fourth-order valence-electron chi connectivity index (χ4n) is 2.64. The fourth-order valence-corrected chi connectivity index (χ4v) is 3.46. The minimum absolute atomic E-state index is 0.0243. The van der Waals surface area contributed by atoms with E-state index in [-0.39, 0.29) is 18.2 Å². The molecule has 0 radical (unpaired) electrons. The van der Waals surface area contributed by atoms with Crippen molar-refractivity contribution >= 4 is 28.8 Å². The number of hydrogen-bond donors (Lipinski definition) is 2. The maximum absolute atomic E-state index is 12.1. The maximum Gasteiger partial charge on any atom is 0.226 e. The van der Waals surface area contributed by atoms with Crippen LogP contribution >= 0.6 is 11.3 Å². The number of hydrogen-bond acceptors (Lipinski definition) is 4. The number of carbonyl (C=O) groups is 2. The van der Waals surface area contributed by atoms with Crippen LogP contribution in [0, 0.1) is 0 Å². The second-order valence-electron chi connectivity index (χ2n) is 6.16. The first-order valence-corrected chi connectivity index (χ1v) is 9.61. The summed E-state index contributed by atoms with van der Waals surface area (Å²) in [6.45, 7) is 2.09. The van der Waals surface area contributed by atoms with Crippen LogP contribution in [0.2, 0.25) is 0 Å². The lowest BCUT2D eigenvalue weighted by atomic mass is 10.1. The van der Waals surface area contributed by atoms with E-state index in [0.717, 1.165) is 28.4 Å². The Morgan fingerprint density at radius 2 is 1.78 bits per heavy atom. The summed E-state index contributed by atoms with van der Waals surface area (Å²) >= 11 is 1.51. The van der Waals surface area contributed by atoms with Crippen LogP contribution in [0.4, 0.5) is 5.69 Å². The summed E-state index contributed by atoms with van der Waals surface area (Å²) in [5, 5.41) is 8.45. The quantitative estimate of drug-likeness (QED) is 0.658. The molecule has 5 nitrogen and oxygen atoms in total. The highest BCUT2D eigenvalue weighted by atomic mass is 32.1. The molecule has 3 aromatic rings. The van der Waals surface area contributed by atoms with Gasteiger partial charge < -0.3 is 10.6 Å². The average Bonchev–Trinajstić information content (AvgIpc) is 3.11. The monoisotopic (exact) mass is 379 g/mol. The number of amides is 2. The molecule has 0 atom stereocenters. The van der Waals surface area contributed by atoms with Gasteiger partial charge in [-0.25, -0.2) is 4.98 Å². The Morgan fingerprint density at radius 1 is 1.04 bits per heavy atom. The third-order valence-electron chi connectivity index (χ3n) is 3.92. The van der Waals surface area contributed by atoms with Crippen molar-refractivity contribution in [1.29, 1.82) is 0 Å². The lowest BCUT2D eigenvalue weighted by Crippen LogP contribution is -2.27. The first-order valence-electron chi connectivity index (χ1n) is 8.73. The van der Waals surface area contributed by atoms with Gasteiger partial charge in [-0.15, -0.1) is 11.3 Å². The SMILES string of the molecule is CC(=O)Nc1ccc(-c2nc(CC(=O)NCCc3ccccc3)cs2)cc1. The third-order valence-corrected chi connectivity index (χ3v) is 4.86. The Morgan fingerprint density at radius 3 is 2.48 bits per heavy atom. The number of rotatable bonds is 7. The molecule has 1 aromatic heterocycles. The molecule has 6 heteroatoms. The Kier molecular flexibility index (Phi) is 6.33. The van der Waals surface area contributed by atoms with E-state index in [1.165, 1.54) is 23.8 Å². The highest BCUT2D eigenvalue weighted by molar-refractivity contribution is 7.13. The van der Waals surface area contributed by atoms with Crippen LogP contribution in [0.15, 0.2) is 60.0 Å². The first kappa shape index (κ1) is 18.8. The molecule has 1 heterocycles. The van der Waals surface area contributed by atoms with Crippen LogP contribution in [-0.4, -0.2) is 23.3 Å². The molecule has 3 rings (SSSR count). The van der Waals surface area contributed by atoms with Crippen LogP contribution in [0.25, 0.3) is 10.6 Å². The van der Waals surface area contributed by atoms with E-state index in [9.17, 15) is 9.59 Å². The van der Waals surface area contributed by atoms with Crippen molar-refractivity contribution < 1.29 is 9.59 Å². The largest absolute Gasteiger partial charge is 0.355 e. The van der Waals surface area contributed by atoms with E-state index < -0.39 is 0 Å². The second-order valence-corrected chi connectivity index (χ2v) is 7.02. The lowest BCUT2D eigenvalue weighted by Gasteiger charge is -2.04. The second kappa shape index (κ2) is 9.09. The van der Waals surface area contributed by atoms with Gasteiger partial charge in [0.2, 0.25) is 11.8 Å². The molecule has 0 spiro atoms. The van der Waals surface area contributed by atoms with E-state index in [4.69, 9.17) is 0 Å². The molecule has 0 aliphatic carbocycles. The van der Waals surface area contributed by atoms with Crippen molar-refractivity contribution in [2.24, 2.45) is 0 Å². The molecule has 0 bridgehead atoms. The Balaban J connectivity index is 1.51. The molecule has 2 N–H and O–H groups in total. The molecule has 0 saturated heterocycles. The Bertz CT molecular complexity index is 905. The Hall–Kier alpha value is -2.99. The standard InChI is InChI=1S/C21H21N3O2S/c1-15(25)23-18-9-7-17(8-10-18)21-24-19(14-27-21)13-20(26)22-12-11-16-5-3-2-4-6-16/h2-10,14H,11-13H2,1H3,(H,22,26)(H,23,25). The zero-order valence-electron chi connectivity index (χ0n) is 15.1. The summed E-state index contributed by atoms with van der Waals surface area (Å²) < 4.78 is 0. The summed E-state index contributed by atoms with van der Waals surface area (Å²) in [4.78, 5) is 27.7. The summed E-state index contributed by atoms with van der Waals surface area (Å²) in [5.74, 6) is -0.124. The van der Waals surface area contributed by atoms with Gasteiger partial charge in [-0.1, -0.05) is 30.3 Å². The van der Waals surface area contributed by atoms with Gasteiger partial charge in [0.1, 0.15) is 5.01 Å². The number of aromatic nitrogens is 1. The van der Waals surface area contributed by atoms with Crippen molar-refractivity contribution in [2.45, 2.75) is 19.8 Å². The van der Waals surface area contributed by atoms with Crippen molar-refractivity contribution in [3.63, 3.8) is 0 Å². The van der Waals surface area contributed by atoms with Crippen molar-refractivity contribution in [2.75, 3.05) is 11.9 Å². The normalized spacial score (nSPS) is 10.4. The predicted molar refractivity (Wildman–Crippen MR) is 109 cm³/mol. The van der Waals surface area contributed by atoms with Gasteiger partial charge in [-0.3, -0.25) is 9.59 Å². The summed E-state index contributed by atoms with van der Waals surface area (Å²) in [7, 11) is 0.